The van der Waals surface area contributed by atoms with Gasteiger partial charge in [-0.2, -0.15) is 0 Å². The zero-order valence-electron chi connectivity index (χ0n) is 13.7. The third-order valence-electron chi connectivity index (χ3n) is 5.24. The van der Waals surface area contributed by atoms with E-state index in [0.717, 1.165) is 19.3 Å². The van der Waals surface area contributed by atoms with E-state index >= 15 is 0 Å². The van der Waals surface area contributed by atoms with Crippen LogP contribution in [0.3, 0.4) is 0 Å². The van der Waals surface area contributed by atoms with E-state index in [1.165, 1.54) is 44.1 Å². The van der Waals surface area contributed by atoms with Crippen LogP contribution in [0.4, 0.5) is 0 Å². The smallest absolute Gasteiger partial charge is 0.133 e. The Morgan fingerprint density at radius 1 is 1.05 bits per heavy atom. The van der Waals surface area contributed by atoms with Crippen LogP contribution in [0.15, 0.2) is 30.3 Å². The van der Waals surface area contributed by atoms with Crippen molar-refractivity contribution in [1.29, 1.82) is 0 Å². The molecule has 0 saturated heterocycles. The number of hydrogen-bond donors (Lipinski definition) is 0. The second-order valence-electron chi connectivity index (χ2n) is 7.37. The third kappa shape index (κ3) is 5.30. The predicted octanol–water partition coefficient (Wildman–Crippen LogP) is 5.58. The van der Waals surface area contributed by atoms with Gasteiger partial charge in [0.1, 0.15) is 5.78 Å². The number of Topliss-reactive ketones (excluding diaryl/α,β-unsaturated/α-hetero) is 1. The van der Waals surface area contributed by atoms with Crippen molar-refractivity contribution in [2.24, 2.45) is 11.3 Å². The molecule has 21 heavy (non-hydrogen) atoms. The van der Waals surface area contributed by atoms with E-state index in [2.05, 4.69) is 44.2 Å². The molecule has 1 aromatic carbocycles. The van der Waals surface area contributed by atoms with E-state index in [4.69, 9.17) is 0 Å². The fourth-order valence-electron chi connectivity index (χ4n) is 3.53. The number of carbonyl (C=O) groups is 1. The first kappa shape index (κ1) is 16.3. The minimum atomic E-state index is 0.373. The van der Waals surface area contributed by atoms with Gasteiger partial charge in [-0.3, -0.25) is 4.79 Å². The summed E-state index contributed by atoms with van der Waals surface area (Å²) >= 11 is 0. The number of carbonyl (C=O) groups excluding carboxylic acids is 1. The lowest BCUT2D eigenvalue weighted by Gasteiger charge is -2.38. The van der Waals surface area contributed by atoms with Gasteiger partial charge in [-0.15, -0.1) is 0 Å². The molecule has 0 aromatic heterocycles. The molecule has 0 aliphatic heterocycles. The Balaban J connectivity index is 1.60. The van der Waals surface area contributed by atoms with E-state index in [1.807, 2.05) is 0 Å². The second-order valence-corrected chi connectivity index (χ2v) is 7.37. The van der Waals surface area contributed by atoms with Gasteiger partial charge in [0.05, 0.1) is 0 Å². The van der Waals surface area contributed by atoms with E-state index < -0.39 is 0 Å². The van der Waals surface area contributed by atoms with Crippen LogP contribution in [-0.4, -0.2) is 5.78 Å². The van der Waals surface area contributed by atoms with Crippen molar-refractivity contribution in [1.82, 2.24) is 0 Å². The van der Waals surface area contributed by atoms with Gasteiger partial charge in [0.25, 0.3) is 0 Å². The number of hydrogen-bond acceptors (Lipinski definition) is 1. The molecule has 1 atom stereocenters. The Kier molecular flexibility index (Phi) is 6.02. The Morgan fingerprint density at radius 2 is 1.76 bits per heavy atom. The van der Waals surface area contributed by atoms with Crippen LogP contribution in [0.5, 0.6) is 0 Å². The summed E-state index contributed by atoms with van der Waals surface area (Å²) in [4.78, 5) is 11.7. The molecule has 116 valence electrons. The molecule has 0 spiro atoms. The summed E-state index contributed by atoms with van der Waals surface area (Å²) in [6, 6.07) is 10.8. The zero-order valence-corrected chi connectivity index (χ0v) is 13.7. The summed E-state index contributed by atoms with van der Waals surface area (Å²) < 4.78 is 0. The van der Waals surface area contributed by atoms with Crippen LogP contribution in [0.25, 0.3) is 0 Å². The number of ketones is 1. The lowest BCUT2D eigenvalue weighted by molar-refractivity contribution is -0.124. The molecule has 1 aliphatic carbocycles. The maximum Gasteiger partial charge on any atom is 0.133 e. The van der Waals surface area contributed by atoms with Gasteiger partial charge in [0, 0.05) is 12.8 Å². The summed E-state index contributed by atoms with van der Waals surface area (Å²) in [5.41, 5.74) is 1.83. The highest BCUT2D eigenvalue weighted by Gasteiger charge is 2.34. The summed E-state index contributed by atoms with van der Waals surface area (Å²) in [6.07, 6.45) is 10.4. The highest BCUT2D eigenvalue weighted by molar-refractivity contribution is 5.79. The molecule has 0 bridgehead atoms. The topological polar surface area (TPSA) is 17.1 Å². The molecule has 1 fully saturated rings. The van der Waals surface area contributed by atoms with Gasteiger partial charge in [0.15, 0.2) is 0 Å². The number of aryl methyl sites for hydroxylation is 1. The Labute approximate surface area is 130 Å². The van der Waals surface area contributed by atoms with Crippen LogP contribution in [0.1, 0.15) is 70.8 Å². The van der Waals surface area contributed by atoms with Crippen molar-refractivity contribution in [3.05, 3.63) is 35.9 Å². The number of unbranched alkanes of at least 4 members (excludes halogenated alkanes) is 3. The Bertz CT molecular complexity index is 432. The van der Waals surface area contributed by atoms with Gasteiger partial charge in [0.2, 0.25) is 0 Å². The summed E-state index contributed by atoms with van der Waals surface area (Å²) in [5, 5.41) is 0. The van der Waals surface area contributed by atoms with Gasteiger partial charge < -0.3 is 0 Å². The second kappa shape index (κ2) is 7.77. The van der Waals surface area contributed by atoms with Crippen LogP contribution < -0.4 is 0 Å². The van der Waals surface area contributed by atoms with Crippen molar-refractivity contribution in [2.75, 3.05) is 0 Å². The van der Waals surface area contributed by atoms with Crippen LogP contribution in [0.2, 0.25) is 0 Å². The van der Waals surface area contributed by atoms with Crippen LogP contribution in [-0.2, 0) is 11.2 Å². The average molecular weight is 286 g/mol. The lowest BCUT2D eigenvalue weighted by Crippen LogP contribution is -2.32. The molecule has 0 heterocycles. The Morgan fingerprint density at radius 3 is 2.52 bits per heavy atom. The fraction of sp³-hybridized carbons (Fsp3) is 0.650. The molecule has 1 aliphatic rings. The summed E-state index contributed by atoms with van der Waals surface area (Å²) in [7, 11) is 0. The molecule has 0 amide bonds. The highest BCUT2D eigenvalue weighted by atomic mass is 16.1. The molecular weight excluding hydrogens is 256 g/mol. The quantitative estimate of drug-likeness (QED) is 0.598. The predicted molar refractivity (Wildman–Crippen MR) is 89.4 cm³/mol. The van der Waals surface area contributed by atoms with E-state index in [9.17, 15) is 4.79 Å². The van der Waals surface area contributed by atoms with Crippen molar-refractivity contribution in [2.45, 2.75) is 71.6 Å². The first-order chi connectivity index (χ1) is 10.1. The van der Waals surface area contributed by atoms with Gasteiger partial charge in [-0.25, -0.2) is 0 Å². The monoisotopic (exact) mass is 286 g/mol. The minimum Gasteiger partial charge on any atom is -0.300 e. The molecule has 0 unspecified atom stereocenters. The first-order valence-electron chi connectivity index (χ1n) is 8.63. The summed E-state index contributed by atoms with van der Waals surface area (Å²) in [6.45, 7) is 4.69. The highest BCUT2D eigenvalue weighted by Crippen LogP contribution is 2.41. The molecule has 1 saturated carbocycles. The first-order valence-corrected chi connectivity index (χ1v) is 8.63. The molecular formula is C20H30O. The van der Waals surface area contributed by atoms with Gasteiger partial charge >= 0.3 is 0 Å². The summed E-state index contributed by atoms with van der Waals surface area (Å²) in [5.74, 6) is 1.11. The van der Waals surface area contributed by atoms with Gasteiger partial charge in [-0.1, -0.05) is 63.4 Å². The maximum absolute atomic E-state index is 11.7. The minimum absolute atomic E-state index is 0.373. The van der Waals surface area contributed by atoms with Crippen LogP contribution in [0, 0.1) is 11.3 Å². The van der Waals surface area contributed by atoms with Crippen molar-refractivity contribution >= 4 is 5.78 Å². The third-order valence-corrected chi connectivity index (χ3v) is 5.24. The standard InChI is InChI=1S/C20H30O/c1-20(2)15-14-19(21)16-18(20)13-9-4-3-6-10-17-11-7-5-8-12-17/h5,7-8,11-12,18H,3-4,6,9-10,13-16H2,1-2H3/t18-/m1/s1. The largest absolute Gasteiger partial charge is 0.300 e. The number of benzene rings is 1. The zero-order chi connectivity index (χ0) is 15.1. The van der Waals surface area contributed by atoms with Crippen molar-refractivity contribution < 1.29 is 4.79 Å². The molecule has 1 nitrogen and oxygen atoms in total. The normalized spacial score (nSPS) is 21.4. The lowest BCUT2D eigenvalue weighted by atomic mass is 9.67. The fourth-order valence-corrected chi connectivity index (χ4v) is 3.53. The van der Waals surface area contributed by atoms with Gasteiger partial charge in [-0.05, 0) is 42.6 Å². The molecule has 1 heteroatoms. The number of rotatable bonds is 7. The molecule has 2 rings (SSSR count). The van der Waals surface area contributed by atoms with E-state index in [0.29, 0.717) is 17.1 Å². The van der Waals surface area contributed by atoms with Crippen LogP contribution >= 0.6 is 0 Å². The molecule has 0 N–H and O–H groups in total. The maximum atomic E-state index is 11.7. The molecule has 1 aromatic rings. The van der Waals surface area contributed by atoms with Crippen molar-refractivity contribution in [3.8, 4) is 0 Å². The molecule has 0 radical (unpaired) electrons. The SMILES string of the molecule is CC1(C)CCC(=O)C[C@H]1CCCCCCc1ccccc1. The van der Waals surface area contributed by atoms with E-state index in [1.54, 1.807) is 0 Å². The van der Waals surface area contributed by atoms with Crippen molar-refractivity contribution in [3.63, 3.8) is 0 Å². The average Bonchev–Trinajstić information content (AvgIpc) is 2.47. The Hall–Kier alpha value is -1.11. The van der Waals surface area contributed by atoms with E-state index in [-0.39, 0.29) is 0 Å².